The van der Waals surface area contributed by atoms with Gasteiger partial charge < -0.3 is 10.0 Å². The molecule has 2 fully saturated rings. The fourth-order valence-corrected chi connectivity index (χ4v) is 6.06. The quantitative estimate of drug-likeness (QED) is 0.723. The monoisotopic (exact) mass is 471 g/mol. The van der Waals surface area contributed by atoms with Gasteiger partial charge in [0.2, 0.25) is 10.0 Å². The smallest absolute Gasteiger partial charge is 0.253 e. The third-order valence-corrected chi connectivity index (χ3v) is 8.24. The lowest BCUT2D eigenvalue weighted by Crippen LogP contribution is -2.67. The van der Waals surface area contributed by atoms with E-state index in [1.807, 2.05) is 24.3 Å². The standard InChI is InChI=1S/C25H33N3O4S/c1-26(2)25(30)21-12-8-19(9-13-21)18-6-10-20(11-7-18)24-22-16-27(33(3,31)32)14-4-5-15-28(22)23(24)17-29/h6-13,22-24,29H,4-5,14-17H2,1-3H3/t22-,23+,24-/m0/s1. The van der Waals surface area contributed by atoms with Gasteiger partial charge in [-0.25, -0.2) is 12.7 Å². The number of rotatable bonds is 5. The zero-order chi connectivity index (χ0) is 23.8. The molecule has 7 nitrogen and oxygen atoms in total. The highest BCUT2D eigenvalue weighted by molar-refractivity contribution is 7.88. The van der Waals surface area contributed by atoms with Gasteiger partial charge in [-0.2, -0.15) is 0 Å². The maximum absolute atomic E-state index is 12.3. The molecule has 0 radical (unpaired) electrons. The number of hydrogen-bond donors (Lipinski definition) is 1. The van der Waals surface area contributed by atoms with Crippen LogP contribution in [-0.2, 0) is 10.0 Å². The summed E-state index contributed by atoms with van der Waals surface area (Å²) in [5.74, 6) is 0.0651. The molecule has 2 aromatic carbocycles. The van der Waals surface area contributed by atoms with Crippen molar-refractivity contribution < 1.29 is 18.3 Å². The third-order valence-electron chi connectivity index (χ3n) is 6.97. The maximum Gasteiger partial charge on any atom is 0.253 e. The molecule has 0 aliphatic carbocycles. The Morgan fingerprint density at radius 2 is 1.58 bits per heavy atom. The molecule has 2 heterocycles. The first-order chi connectivity index (χ1) is 15.7. The molecule has 1 N–H and O–H groups in total. The van der Waals surface area contributed by atoms with Crippen molar-refractivity contribution in [2.24, 2.45) is 0 Å². The predicted molar refractivity (Wildman–Crippen MR) is 130 cm³/mol. The van der Waals surface area contributed by atoms with Crippen LogP contribution in [0.4, 0.5) is 0 Å². The van der Waals surface area contributed by atoms with Crippen LogP contribution >= 0.6 is 0 Å². The van der Waals surface area contributed by atoms with E-state index >= 15 is 0 Å². The molecule has 2 aromatic rings. The Morgan fingerprint density at radius 3 is 2.12 bits per heavy atom. The number of carbonyl (C=O) groups excluding carboxylic acids is 1. The van der Waals surface area contributed by atoms with Crippen molar-refractivity contribution >= 4 is 15.9 Å². The summed E-state index contributed by atoms with van der Waals surface area (Å²) in [5.41, 5.74) is 3.85. The minimum absolute atomic E-state index is 0.0108. The van der Waals surface area contributed by atoms with E-state index < -0.39 is 10.0 Å². The molecule has 3 atom stereocenters. The van der Waals surface area contributed by atoms with Gasteiger partial charge in [-0.1, -0.05) is 36.4 Å². The van der Waals surface area contributed by atoms with E-state index in [4.69, 9.17) is 0 Å². The highest BCUT2D eigenvalue weighted by Crippen LogP contribution is 2.42. The minimum Gasteiger partial charge on any atom is -0.395 e. The Hall–Kier alpha value is -2.26. The summed E-state index contributed by atoms with van der Waals surface area (Å²) >= 11 is 0. The first kappa shape index (κ1) is 23.9. The topological polar surface area (TPSA) is 81.2 Å². The van der Waals surface area contributed by atoms with Crippen LogP contribution in [0.5, 0.6) is 0 Å². The molecule has 33 heavy (non-hydrogen) atoms. The average molecular weight is 472 g/mol. The van der Waals surface area contributed by atoms with E-state index in [9.17, 15) is 18.3 Å². The minimum atomic E-state index is -3.26. The normalized spacial score (nSPS) is 24.3. The average Bonchev–Trinajstić information content (AvgIpc) is 2.77. The second-order valence-corrected chi connectivity index (χ2v) is 11.3. The molecule has 0 unspecified atom stereocenters. The number of sulfonamides is 1. The summed E-state index contributed by atoms with van der Waals surface area (Å²) in [6, 6.07) is 16.0. The van der Waals surface area contributed by atoms with Gasteiger partial charge in [0.25, 0.3) is 5.91 Å². The van der Waals surface area contributed by atoms with Gasteiger partial charge in [0.05, 0.1) is 12.9 Å². The number of hydrogen-bond acceptors (Lipinski definition) is 5. The van der Waals surface area contributed by atoms with Crippen molar-refractivity contribution in [3.63, 3.8) is 0 Å². The van der Waals surface area contributed by atoms with Crippen molar-refractivity contribution in [3.8, 4) is 11.1 Å². The zero-order valence-corrected chi connectivity index (χ0v) is 20.3. The summed E-state index contributed by atoms with van der Waals surface area (Å²) in [5, 5.41) is 10.1. The van der Waals surface area contributed by atoms with Crippen molar-refractivity contribution in [1.29, 1.82) is 0 Å². The van der Waals surface area contributed by atoms with E-state index in [0.29, 0.717) is 18.7 Å². The highest BCUT2D eigenvalue weighted by atomic mass is 32.2. The SMILES string of the molecule is CN(C)C(=O)c1ccc(-c2ccc([C@@H]3[C@@H](CO)N4CCCCN(S(C)(=O)=O)C[C@@H]34)cc2)cc1. The molecular formula is C25H33N3O4S. The lowest BCUT2D eigenvalue weighted by atomic mass is 9.74. The van der Waals surface area contributed by atoms with Gasteiger partial charge in [0.1, 0.15) is 0 Å². The van der Waals surface area contributed by atoms with Crippen LogP contribution in [0.3, 0.4) is 0 Å². The van der Waals surface area contributed by atoms with Gasteiger partial charge in [0, 0.05) is 50.7 Å². The predicted octanol–water partition coefficient (Wildman–Crippen LogP) is 2.24. The first-order valence-corrected chi connectivity index (χ1v) is 13.3. The molecule has 0 bridgehead atoms. The molecule has 1 amide bonds. The molecule has 0 saturated carbocycles. The summed E-state index contributed by atoms with van der Waals surface area (Å²) in [7, 11) is 0.216. The van der Waals surface area contributed by atoms with Crippen LogP contribution in [0.1, 0.15) is 34.7 Å². The van der Waals surface area contributed by atoms with Gasteiger partial charge in [-0.15, -0.1) is 0 Å². The molecule has 2 aliphatic rings. The Kier molecular flexibility index (Phi) is 6.91. The Labute approximate surface area is 196 Å². The number of fused-ring (bicyclic) bond motifs is 1. The second-order valence-electron chi connectivity index (χ2n) is 9.31. The van der Waals surface area contributed by atoms with Crippen LogP contribution in [0.2, 0.25) is 0 Å². The molecule has 8 heteroatoms. The number of aliphatic hydroxyl groups excluding tert-OH is 1. The molecule has 0 aromatic heterocycles. The van der Waals surface area contributed by atoms with Crippen LogP contribution in [-0.4, -0.2) is 92.2 Å². The maximum atomic E-state index is 12.3. The van der Waals surface area contributed by atoms with Gasteiger partial charge in [0.15, 0.2) is 0 Å². The van der Waals surface area contributed by atoms with Gasteiger partial charge in [-0.3, -0.25) is 9.69 Å². The van der Waals surface area contributed by atoms with Crippen LogP contribution < -0.4 is 0 Å². The van der Waals surface area contributed by atoms with Crippen molar-refractivity contribution in [2.45, 2.75) is 30.8 Å². The van der Waals surface area contributed by atoms with Crippen molar-refractivity contribution in [1.82, 2.24) is 14.1 Å². The molecule has 4 rings (SSSR count). The molecule has 2 saturated heterocycles. The largest absolute Gasteiger partial charge is 0.395 e. The Morgan fingerprint density at radius 1 is 1.00 bits per heavy atom. The van der Waals surface area contributed by atoms with Crippen LogP contribution in [0, 0.1) is 0 Å². The fraction of sp³-hybridized carbons (Fsp3) is 0.480. The van der Waals surface area contributed by atoms with E-state index in [1.165, 1.54) is 6.26 Å². The Bertz CT molecular complexity index is 1080. The number of carbonyl (C=O) groups is 1. The first-order valence-electron chi connectivity index (χ1n) is 11.4. The molecule has 0 spiro atoms. The van der Waals surface area contributed by atoms with E-state index in [0.717, 1.165) is 36.1 Å². The number of aliphatic hydroxyl groups is 1. The number of amides is 1. The van der Waals surface area contributed by atoms with Crippen LogP contribution in [0.15, 0.2) is 48.5 Å². The van der Waals surface area contributed by atoms with Gasteiger partial charge >= 0.3 is 0 Å². The lowest BCUT2D eigenvalue weighted by molar-refractivity contribution is -0.0553. The summed E-state index contributed by atoms with van der Waals surface area (Å²) in [6.45, 7) is 1.97. The van der Waals surface area contributed by atoms with Crippen molar-refractivity contribution in [2.75, 3.05) is 46.6 Å². The van der Waals surface area contributed by atoms with Crippen LogP contribution in [0.25, 0.3) is 11.1 Å². The molecule has 2 aliphatic heterocycles. The summed E-state index contributed by atoms with van der Waals surface area (Å²) in [6.07, 6.45) is 3.05. The highest BCUT2D eigenvalue weighted by Gasteiger charge is 2.49. The summed E-state index contributed by atoms with van der Waals surface area (Å²) in [4.78, 5) is 16.0. The van der Waals surface area contributed by atoms with E-state index in [-0.39, 0.29) is 30.5 Å². The lowest BCUT2D eigenvalue weighted by Gasteiger charge is -2.57. The molecule has 178 valence electrons. The Balaban J connectivity index is 1.55. The van der Waals surface area contributed by atoms with Crippen molar-refractivity contribution in [3.05, 3.63) is 59.7 Å². The molecular weight excluding hydrogens is 438 g/mol. The zero-order valence-electron chi connectivity index (χ0n) is 19.5. The van der Waals surface area contributed by atoms with Gasteiger partial charge in [-0.05, 0) is 48.2 Å². The second kappa shape index (κ2) is 9.54. The number of benzene rings is 2. The third kappa shape index (κ3) is 4.84. The van der Waals surface area contributed by atoms with E-state index in [2.05, 4.69) is 29.2 Å². The fourth-order valence-electron chi connectivity index (χ4n) is 5.17. The van der Waals surface area contributed by atoms with E-state index in [1.54, 1.807) is 23.3 Å². The summed E-state index contributed by atoms with van der Waals surface area (Å²) < 4.78 is 26.1. The number of nitrogens with zero attached hydrogens (tertiary/aromatic N) is 3.